The molecule has 4 rings (SSSR count). The van der Waals surface area contributed by atoms with Crippen LogP contribution in [-0.2, 0) is 4.79 Å². The van der Waals surface area contributed by atoms with Gasteiger partial charge in [-0.3, -0.25) is 9.69 Å². The first kappa shape index (κ1) is 26.4. The minimum Gasteiger partial charge on any atom is -0.490 e. The Hall–Kier alpha value is -2.68. The van der Waals surface area contributed by atoms with E-state index in [0.717, 1.165) is 11.1 Å². The largest absolute Gasteiger partial charge is 0.490 e. The second-order valence-corrected chi connectivity index (χ2v) is 10.7. The van der Waals surface area contributed by atoms with Gasteiger partial charge in [0.2, 0.25) is 5.91 Å². The van der Waals surface area contributed by atoms with Gasteiger partial charge < -0.3 is 24.7 Å². The second-order valence-electron chi connectivity index (χ2n) is 10.7. The van der Waals surface area contributed by atoms with E-state index in [1.807, 2.05) is 41.8 Å². The van der Waals surface area contributed by atoms with Crippen LogP contribution in [0.3, 0.4) is 0 Å². The number of amides is 1. The van der Waals surface area contributed by atoms with Gasteiger partial charge in [0.25, 0.3) is 0 Å². The van der Waals surface area contributed by atoms with Crippen LogP contribution in [0.2, 0.25) is 0 Å². The first-order chi connectivity index (χ1) is 17.0. The van der Waals surface area contributed by atoms with Crippen molar-refractivity contribution in [2.24, 2.45) is 0 Å². The quantitative estimate of drug-likeness (QED) is 0.637. The van der Waals surface area contributed by atoms with E-state index < -0.39 is 11.2 Å². The summed E-state index contributed by atoms with van der Waals surface area (Å²) in [7, 11) is 0. The van der Waals surface area contributed by atoms with Gasteiger partial charge in [0.05, 0.1) is 17.8 Å². The Bertz CT molecular complexity index is 1050. The zero-order chi connectivity index (χ0) is 25.9. The Kier molecular flexibility index (Phi) is 7.87. The Morgan fingerprint density at radius 3 is 2.28 bits per heavy atom. The number of benzene rings is 2. The number of hydrogen-bond acceptors (Lipinski definition) is 6. The van der Waals surface area contributed by atoms with E-state index in [0.29, 0.717) is 57.0 Å². The van der Waals surface area contributed by atoms with Gasteiger partial charge in [-0.2, -0.15) is 0 Å². The van der Waals surface area contributed by atoms with Crippen LogP contribution in [0.25, 0.3) is 0 Å². The standard InChI is InChI=1S/C28H38FN3O4/c1-21-14-22(2)16-24(15-21)36-20-28(35)18-30(12-13-32(19-28)23(3)33)17-27(34)8-10-31(11-9-27)26-7-5-4-6-25(26)29/h4-7,14-16,34-35H,8-13,17-20H2,1-3H3. The fourth-order valence-electron chi connectivity index (χ4n) is 5.42. The van der Waals surface area contributed by atoms with E-state index in [-0.39, 0.29) is 31.4 Å². The summed E-state index contributed by atoms with van der Waals surface area (Å²) < 4.78 is 20.2. The molecule has 7 nitrogen and oxygen atoms in total. The van der Waals surface area contributed by atoms with Gasteiger partial charge in [-0.1, -0.05) is 18.2 Å². The molecule has 1 atom stereocenters. The lowest BCUT2D eigenvalue weighted by atomic mass is 9.90. The Balaban J connectivity index is 1.42. The van der Waals surface area contributed by atoms with E-state index in [9.17, 15) is 19.4 Å². The number of aliphatic hydroxyl groups is 2. The third kappa shape index (κ3) is 6.55. The minimum atomic E-state index is -1.29. The molecule has 2 fully saturated rings. The number of ether oxygens (including phenoxy) is 1. The van der Waals surface area contributed by atoms with Crippen LogP contribution in [0, 0.1) is 19.7 Å². The highest BCUT2D eigenvalue weighted by Gasteiger charge is 2.41. The van der Waals surface area contributed by atoms with Gasteiger partial charge in [-0.25, -0.2) is 4.39 Å². The van der Waals surface area contributed by atoms with Crippen LogP contribution in [0.15, 0.2) is 42.5 Å². The van der Waals surface area contributed by atoms with Crippen LogP contribution < -0.4 is 9.64 Å². The monoisotopic (exact) mass is 499 g/mol. The van der Waals surface area contributed by atoms with E-state index in [2.05, 4.69) is 6.07 Å². The van der Waals surface area contributed by atoms with Gasteiger partial charge in [0.15, 0.2) is 0 Å². The number of hydrogen-bond donors (Lipinski definition) is 2. The SMILES string of the molecule is CC(=O)N1CCN(CC2(O)CCN(c3ccccc3F)CC2)CC(O)(COc2cc(C)cc(C)c2)C1. The maximum Gasteiger partial charge on any atom is 0.219 e. The van der Waals surface area contributed by atoms with E-state index in [1.54, 1.807) is 17.0 Å². The van der Waals surface area contributed by atoms with Crippen molar-refractivity contribution in [2.45, 2.75) is 44.8 Å². The molecule has 2 N–H and O–H groups in total. The highest BCUT2D eigenvalue weighted by molar-refractivity contribution is 5.73. The molecule has 2 saturated heterocycles. The topological polar surface area (TPSA) is 76.5 Å². The molecular formula is C28H38FN3O4. The number of carbonyl (C=O) groups is 1. The number of halogens is 1. The maximum absolute atomic E-state index is 14.2. The molecule has 0 spiro atoms. The van der Waals surface area contributed by atoms with Crippen molar-refractivity contribution in [3.05, 3.63) is 59.4 Å². The zero-order valence-corrected chi connectivity index (χ0v) is 21.5. The third-order valence-electron chi connectivity index (χ3n) is 7.24. The van der Waals surface area contributed by atoms with Crippen molar-refractivity contribution in [1.29, 1.82) is 0 Å². The Morgan fingerprint density at radius 1 is 0.972 bits per heavy atom. The summed E-state index contributed by atoms with van der Waals surface area (Å²) in [5.74, 6) is 0.331. The molecule has 36 heavy (non-hydrogen) atoms. The normalized spacial score (nSPS) is 22.8. The summed E-state index contributed by atoms with van der Waals surface area (Å²) in [5.41, 5.74) is 0.471. The predicted molar refractivity (Wildman–Crippen MR) is 138 cm³/mol. The molecule has 0 bridgehead atoms. The lowest BCUT2D eigenvalue weighted by Crippen LogP contribution is -2.56. The van der Waals surface area contributed by atoms with Gasteiger partial charge in [-0.05, 0) is 62.1 Å². The third-order valence-corrected chi connectivity index (χ3v) is 7.24. The van der Waals surface area contributed by atoms with Crippen molar-refractivity contribution in [3.63, 3.8) is 0 Å². The fraction of sp³-hybridized carbons (Fsp3) is 0.536. The van der Waals surface area contributed by atoms with Crippen LogP contribution in [0.5, 0.6) is 5.75 Å². The van der Waals surface area contributed by atoms with Crippen molar-refractivity contribution in [2.75, 3.05) is 57.3 Å². The molecule has 0 radical (unpaired) electrons. The highest BCUT2D eigenvalue weighted by Crippen LogP contribution is 2.30. The summed E-state index contributed by atoms with van der Waals surface area (Å²) in [6.07, 6.45) is 0.984. The van der Waals surface area contributed by atoms with Crippen molar-refractivity contribution < 1.29 is 24.1 Å². The first-order valence-corrected chi connectivity index (χ1v) is 12.7. The number of piperidine rings is 1. The molecule has 2 aromatic rings. The summed E-state index contributed by atoms with van der Waals surface area (Å²) in [5, 5.41) is 23.0. The van der Waals surface area contributed by atoms with Crippen molar-refractivity contribution in [1.82, 2.24) is 9.80 Å². The molecule has 2 aromatic carbocycles. The molecule has 1 unspecified atom stereocenters. The van der Waals surface area contributed by atoms with E-state index in [4.69, 9.17) is 4.74 Å². The Morgan fingerprint density at radius 2 is 1.64 bits per heavy atom. The van der Waals surface area contributed by atoms with Crippen LogP contribution in [-0.4, -0.2) is 89.5 Å². The van der Waals surface area contributed by atoms with Crippen LogP contribution in [0.1, 0.15) is 30.9 Å². The number of para-hydroxylation sites is 1. The van der Waals surface area contributed by atoms with Gasteiger partial charge in [0, 0.05) is 46.2 Å². The average molecular weight is 500 g/mol. The molecule has 8 heteroatoms. The van der Waals surface area contributed by atoms with E-state index >= 15 is 0 Å². The first-order valence-electron chi connectivity index (χ1n) is 12.7. The van der Waals surface area contributed by atoms with Crippen LogP contribution >= 0.6 is 0 Å². The molecule has 2 heterocycles. The number of nitrogens with zero attached hydrogens (tertiary/aromatic N) is 3. The molecular weight excluding hydrogens is 461 g/mol. The van der Waals surface area contributed by atoms with Crippen molar-refractivity contribution >= 4 is 11.6 Å². The fourth-order valence-corrected chi connectivity index (χ4v) is 5.42. The van der Waals surface area contributed by atoms with Gasteiger partial charge in [-0.15, -0.1) is 0 Å². The molecule has 2 aliphatic heterocycles. The van der Waals surface area contributed by atoms with E-state index in [1.165, 1.54) is 13.0 Å². The van der Waals surface area contributed by atoms with Gasteiger partial charge >= 0.3 is 0 Å². The number of aryl methyl sites for hydroxylation is 2. The molecule has 2 aliphatic rings. The zero-order valence-electron chi connectivity index (χ0n) is 21.5. The van der Waals surface area contributed by atoms with Gasteiger partial charge in [0.1, 0.15) is 23.8 Å². The number of anilines is 1. The second kappa shape index (κ2) is 10.7. The lowest BCUT2D eigenvalue weighted by molar-refractivity contribution is -0.132. The Labute approximate surface area is 213 Å². The van der Waals surface area contributed by atoms with Crippen molar-refractivity contribution in [3.8, 4) is 5.75 Å². The summed E-state index contributed by atoms with van der Waals surface area (Å²) in [6, 6.07) is 12.6. The molecule has 0 aliphatic carbocycles. The number of rotatable bonds is 6. The maximum atomic E-state index is 14.2. The number of β-amino-alcohol motifs (C(OH)–C–C–N with tert-alkyl or cyclic N) is 2. The van der Waals surface area contributed by atoms with Crippen LogP contribution in [0.4, 0.5) is 10.1 Å². The summed E-state index contributed by atoms with van der Waals surface area (Å²) in [6.45, 7) is 8.47. The minimum absolute atomic E-state index is 0.0374. The molecule has 1 amide bonds. The lowest BCUT2D eigenvalue weighted by Gasteiger charge is -2.42. The molecule has 196 valence electrons. The molecule has 0 aromatic heterocycles. The smallest absolute Gasteiger partial charge is 0.219 e. The highest BCUT2D eigenvalue weighted by atomic mass is 19.1. The summed E-state index contributed by atoms with van der Waals surface area (Å²) >= 11 is 0. The molecule has 0 saturated carbocycles. The number of carbonyl (C=O) groups excluding carboxylic acids is 1. The predicted octanol–water partition coefficient (Wildman–Crippen LogP) is 2.75. The summed E-state index contributed by atoms with van der Waals surface area (Å²) in [4.78, 5) is 17.9. The average Bonchev–Trinajstić information content (AvgIpc) is 2.97.